The highest BCUT2D eigenvalue weighted by Gasteiger charge is 2.14. The van der Waals surface area contributed by atoms with Crippen LogP contribution in [0, 0.1) is 0 Å². The predicted octanol–water partition coefficient (Wildman–Crippen LogP) is 3.69. The lowest BCUT2D eigenvalue weighted by atomic mass is 9.96. The average molecular weight is 465 g/mol. The Labute approximate surface area is 202 Å². The Hall–Kier alpha value is -2.06. The number of ether oxygens (including phenoxy) is 4. The highest BCUT2D eigenvalue weighted by molar-refractivity contribution is 6.00. The van der Waals surface area contributed by atoms with E-state index < -0.39 is 0 Å². The molecule has 4 bridgehead atoms. The molecule has 0 atom stereocenters. The van der Waals surface area contributed by atoms with E-state index in [1.165, 1.54) is 32.7 Å². The first kappa shape index (κ1) is 23.7. The molecule has 0 aromatic heterocycles. The molecule has 3 aromatic rings. The molecule has 0 unspecified atom stereocenters. The Morgan fingerprint density at radius 3 is 1.29 bits per heavy atom. The van der Waals surface area contributed by atoms with Gasteiger partial charge in [0.2, 0.25) is 0 Å². The van der Waals surface area contributed by atoms with Crippen LogP contribution in [0.4, 0.5) is 0 Å². The molecule has 0 saturated carbocycles. The summed E-state index contributed by atoms with van der Waals surface area (Å²) in [5.41, 5.74) is 2.71. The zero-order valence-corrected chi connectivity index (χ0v) is 20.0. The number of fused-ring (bicyclic) bond motifs is 2. The second-order valence-corrected chi connectivity index (χ2v) is 9.13. The zero-order chi connectivity index (χ0) is 23.0. The fraction of sp³-hybridized carbons (Fsp3) is 0.500. The molecule has 6 heteroatoms. The second kappa shape index (κ2) is 12.1. The van der Waals surface area contributed by atoms with Crippen LogP contribution in [0.15, 0.2) is 48.5 Å². The summed E-state index contributed by atoms with van der Waals surface area (Å²) in [5, 5.41) is 5.26. The highest BCUT2D eigenvalue weighted by atomic mass is 16.5. The second-order valence-electron chi connectivity index (χ2n) is 9.13. The fourth-order valence-corrected chi connectivity index (χ4v) is 4.90. The first-order valence-electron chi connectivity index (χ1n) is 12.6. The summed E-state index contributed by atoms with van der Waals surface area (Å²) in [6, 6.07) is 18.1. The van der Waals surface area contributed by atoms with Crippen LogP contribution in [0.5, 0.6) is 0 Å². The van der Waals surface area contributed by atoms with Gasteiger partial charge < -0.3 is 18.9 Å². The van der Waals surface area contributed by atoms with Gasteiger partial charge in [0.1, 0.15) is 0 Å². The third-order valence-corrected chi connectivity index (χ3v) is 6.80. The van der Waals surface area contributed by atoms with E-state index in [-0.39, 0.29) is 0 Å². The van der Waals surface area contributed by atoms with Crippen LogP contribution in [-0.4, -0.2) is 88.8 Å². The van der Waals surface area contributed by atoms with Gasteiger partial charge in [0.15, 0.2) is 0 Å². The van der Waals surface area contributed by atoms with Crippen LogP contribution in [0.3, 0.4) is 0 Å². The molecular weight excluding hydrogens is 428 g/mol. The standard InChI is InChI=1S/C28H36N2O4/c1-3-23-19-24-4-2-6-26-22-30-9-13-33-17-15-31-11-7-29(8-12-32-16-18-34-14-10-30)21-25(5-1)27(23)20-28(24)26/h1-6,19-20H,7-18,21-22H2. The normalized spacial score (nSPS) is 24.1. The van der Waals surface area contributed by atoms with Crippen LogP contribution < -0.4 is 0 Å². The van der Waals surface area contributed by atoms with E-state index in [4.69, 9.17) is 18.9 Å². The lowest BCUT2D eigenvalue weighted by Gasteiger charge is -2.23. The Morgan fingerprint density at radius 1 is 0.471 bits per heavy atom. The predicted molar refractivity (Wildman–Crippen MR) is 135 cm³/mol. The summed E-state index contributed by atoms with van der Waals surface area (Å²) in [6.45, 7) is 10.5. The topological polar surface area (TPSA) is 43.4 Å². The van der Waals surface area contributed by atoms with E-state index in [1.54, 1.807) is 0 Å². The number of benzene rings is 3. The maximum absolute atomic E-state index is 5.90. The van der Waals surface area contributed by atoms with Crippen molar-refractivity contribution in [2.45, 2.75) is 13.1 Å². The minimum absolute atomic E-state index is 0.628. The van der Waals surface area contributed by atoms with E-state index in [1.807, 2.05) is 0 Å². The zero-order valence-electron chi connectivity index (χ0n) is 20.0. The molecule has 34 heavy (non-hydrogen) atoms. The van der Waals surface area contributed by atoms with Gasteiger partial charge in [0.25, 0.3) is 0 Å². The summed E-state index contributed by atoms with van der Waals surface area (Å²) >= 11 is 0. The Bertz CT molecular complexity index is 972. The van der Waals surface area contributed by atoms with Gasteiger partial charge in [-0.15, -0.1) is 0 Å². The molecule has 182 valence electrons. The molecule has 0 fully saturated rings. The van der Waals surface area contributed by atoms with Crippen molar-refractivity contribution in [1.29, 1.82) is 0 Å². The molecule has 0 radical (unpaired) electrons. The molecule has 2 aliphatic heterocycles. The van der Waals surface area contributed by atoms with Gasteiger partial charge in [-0.05, 0) is 44.8 Å². The minimum atomic E-state index is 0.628. The summed E-state index contributed by atoms with van der Waals surface area (Å²) in [4.78, 5) is 4.87. The van der Waals surface area contributed by atoms with Gasteiger partial charge in [-0.3, -0.25) is 9.80 Å². The molecule has 0 amide bonds. The van der Waals surface area contributed by atoms with Crippen LogP contribution >= 0.6 is 0 Å². The summed E-state index contributed by atoms with van der Waals surface area (Å²) < 4.78 is 23.6. The summed E-state index contributed by atoms with van der Waals surface area (Å²) in [5.74, 6) is 0. The summed E-state index contributed by atoms with van der Waals surface area (Å²) in [6.07, 6.45) is 0. The quantitative estimate of drug-likeness (QED) is 0.473. The number of hydrogen-bond acceptors (Lipinski definition) is 6. The van der Waals surface area contributed by atoms with Crippen LogP contribution in [0.1, 0.15) is 11.1 Å². The first-order chi connectivity index (χ1) is 16.9. The van der Waals surface area contributed by atoms with Gasteiger partial charge >= 0.3 is 0 Å². The van der Waals surface area contributed by atoms with Gasteiger partial charge in [0.05, 0.1) is 52.9 Å². The lowest BCUT2D eigenvalue weighted by molar-refractivity contribution is 0.00634. The molecule has 0 spiro atoms. The molecule has 0 aliphatic carbocycles. The molecule has 2 heterocycles. The molecule has 5 rings (SSSR count). The van der Waals surface area contributed by atoms with Gasteiger partial charge in [-0.2, -0.15) is 0 Å². The first-order valence-corrected chi connectivity index (χ1v) is 12.6. The molecular formula is C28H36N2O4. The maximum atomic E-state index is 5.90. The molecule has 6 nitrogen and oxygen atoms in total. The smallest absolute Gasteiger partial charge is 0.0701 e. The van der Waals surface area contributed by atoms with Crippen molar-refractivity contribution in [2.24, 2.45) is 0 Å². The van der Waals surface area contributed by atoms with Crippen molar-refractivity contribution in [1.82, 2.24) is 9.80 Å². The van der Waals surface area contributed by atoms with E-state index >= 15 is 0 Å². The maximum Gasteiger partial charge on any atom is 0.0701 e. The average Bonchev–Trinajstić information content (AvgIpc) is 2.85. The van der Waals surface area contributed by atoms with Crippen LogP contribution in [-0.2, 0) is 32.0 Å². The van der Waals surface area contributed by atoms with Crippen LogP contribution in [0.25, 0.3) is 21.5 Å². The highest BCUT2D eigenvalue weighted by Crippen LogP contribution is 2.29. The summed E-state index contributed by atoms with van der Waals surface area (Å²) in [7, 11) is 0. The van der Waals surface area contributed by atoms with Crippen molar-refractivity contribution in [2.75, 3.05) is 79.0 Å². The van der Waals surface area contributed by atoms with Gasteiger partial charge in [-0.25, -0.2) is 0 Å². The van der Waals surface area contributed by atoms with Crippen molar-refractivity contribution in [3.8, 4) is 0 Å². The molecule has 2 aliphatic rings. The monoisotopic (exact) mass is 464 g/mol. The third-order valence-electron chi connectivity index (χ3n) is 6.80. The van der Waals surface area contributed by atoms with E-state index in [2.05, 4.69) is 58.3 Å². The number of hydrogen-bond donors (Lipinski definition) is 0. The minimum Gasteiger partial charge on any atom is -0.378 e. The fourth-order valence-electron chi connectivity index (χ4n) is 4.90. The Balaban J connectivity index is 1.57. The number of rotatable bonds is 0. The van der Waals surface area contributed by atoms with E-state index in [9.17, 15) is 0 Å². The van der Waals surface area contributed by atoms with E-state index in [0.717, 1.165) is 39.3 Å². The Kier molecular flexibility index (Phi) is 8.40. The van der Waals surface area contributed by atoms with Crippen molar-refractivity contribution in [3.63, 3.8) is 0 Å². The van der Waals surface area contributed by atoms with Crippen molar-refractivity contribution >= 4 is 21.5 Å². The third kappa shape index (κ3) is 6.13. The molecule has 0 saturated heterocycles. The van der Waals surface area contributed by atoms with E-state index in [0.29, 0.717) is 52.9 Å². The molecule has 0 N–H and O–H groups in total. The Morgan fingerprint density at radius 2 is 0.882 bits per heavy atom. The largest absolute Gasteiger partial charge is 0.378 e. The molecule has 3 aromatic carbocycles. The SMILES string of the molecule is c1cc2c3cc4c(cccc4cc3c1)CN1CCOCCOCCN(CCOCCOCC1)C2. The van der Waals surface area contributed by atoms with Crippen molar-refractivity contribution < 1.29 is 18.9 Å². The van der Waals surface area contributed by atoms with Gasteiger partial charge in [0, 0.05) is 39.3 Å². The van der Waals surface area contributed by atoms with Gasteiger partial charge in [-0.1, -0.05) is 36.4 Å². The van der Waals surface area contributed by atoms with Crippen molar-refractivity contribution in [3.05, 3.63) is 59.7 Å². The lowest BCUT2D eigenvalue weighted by Crippen LogP contribution is -2.32. The van der Waals surface area contributed by atoms with Crippen LogP contribution in [0.2, 0.25) is 0 Å². The number of nitrogens with zero attached hydrogens (tertiary/aromatic N) is 2.